The number of hydrogen-bond donors (Lipinski definition) is 0. The van der Waals surface area contributed by atoms with Gasteiger partial charge < -0.3 is 4.55 Å². The minimum atomic E-state index is -6.09. The quantitative estimate of drug-likeness (QED) is 0.326. The van der Waals surface area contributed by atoms with Crippen LogP contribution in [0.15, 0.2) is 48.8 Å². The average Bonchev–Trinajstić information content (AvgIpc) is 2.46. The van der Waals surface area contributed by atoms with Crippen LogP contribution in [-0.4, -0.2) is 18.5 Å². The van der Waals surface area contributed by atoms with E-state index >= 15 is 0 Å². The van der Waals surface area contributed by atoms with Crippen LogP contribution in [0.2, 0.25) is 0 Å². The van der Waals surface area contributed by atoms with Crippen LogP contribution in [0.3, 0.4) is 0 Å². The molecule has 1 aromatic heterocycles. The smallest absolute Gasteiger partial charge is 0.485 e. The van der Waals surface area contributed by atoms with Gasteiger partial charge in [0.1, 0.15) is 0 Å². The second-order valence-corrected chi connectivity index (χ2v) is 6.10. The maximum atomic E-state index is 12.4. The van der Waals surface area contributed by atoms with E-state index in [4.69, 9.17) is 13.0 Å². The Morgan fingerprint density at radius 2 is 1.28 bits per heavy atom. The molecule has 2 aromatic rings. The van der Waals surface area contributed by atoms with E-state index in [1.165, 1.54) is 12.4 Å². The summed E-state index contributed by atoms with van der Waals surface area (Å²) in [5.74, 6) is 0. The molecule has 0 spiro atoms. The third-order valence-electron chi connectivity index (χ3n) is 2.77. The fourth-order valence-electron chi connectivity index (χ4n) is 1.50. The van der Waals surface area contributed by atoms with E-state index in [1.54, 1.807) is 4.57 Å². The molecular weight excluding hydrogens is 376 g/mol. The molecular formula is C14H11F6NO3S. The lowest BCUT2D eigenvalue weighted by molar-refractivity contribution is -0.596. The van der Waals surface area contributed by atoms with E-state index in [1.807, 2.05) is 31.2 Å². The highest BCUT2D eigenvalue weighted by Gasteiger charge is 2.37. The highest BCUT2D eigenvalue weighted by molar-refractivity contribution is 7.86. The minimum Gasteiger partial charge on any atom is -0.741 e. The molecule has 4 nitrogen and oxygen atoms in total. The third kappa shape index (κ3) is 6.35. The van der Waals surface area contributed by atoms with Crippen LogP contribution in [-0.2, 0) is 16.3 Å². The van der Waals surface area contributed by atoms with E-state index < -0.39 is 27.4 Å². The molecule has 11 heteroatoms. The molecule has 0 unspecified atom stereocenters. The molecule has 0 aliphatic heterocycles. The summed E-state index contributed by atoms with van der Waals surface area (Å²) in [5.41, 5.74) is -4.33. The largest absolute Gasteiger partial charge is 0.741 e. The molecule has 0 amide bonds. The number of rotatable bonds is 1. The van der Waals surface area contributed by atoms with Gasteiger partial charge in [-0.1, -0.05) is 17.7 Å². The Hall–Kier alpha value is -2.14. The number of aryl methyl sites for hydroxylation is 1. The zero-order chi connectivity index (χ0) is 19.5. The van der Waals surface area contributed by atoms with Gasteiger partial charge in [0.2, 0.25) is 5.69 Å². The Kier molecular flexibility index (Phi) is 6.19. The summed E-state index contributed by atoms with van der Waals surface area (Å²) in [6.45, 7) is 1.96. The van der Waals surface area contributed by atoms with Gasteiger partial charge in [0.05, 0.1) is 5.56 Å². The summed E-state index contributed by atoms with van der Waals surface area (Å²) < 4.78 is 97.6. The van der Waals surface area contributed by atoms with Gasteiger partial charge in [-0.15, -0.1) is 0 Å². The number of hydrogen-bond acceptors (Lipinski definition) is 3. The molecule has 0 atom stereocenters. The first-order valence-electron chi connectivity index (χ1n) is 6.39. The van der Waals surface area contributed by atoms with Gasteiger partial charge in [0.15, 0.2) is 22.5 Å². The summed E-state index contributed by atoms with van der Waals surface area (Å²) in [4.78, 5) is 0. The molecule has 138 valence electrons. The summed E-state index contributed by atoms with van der Waals surface area (Å²) in [6.07, 6.45) is -1.46. The number of alkyl halides is 6. The average molecular weight is 387 g/mol. The first-order valence-corrected chi connectivity index (χ1v) is 7.80. The van der Waals surface area contributed by atoms with E-state index in [0.29, 0.717) is 0 Å². The van der Waals surface area contributed by atoms with Crippen LogP contribution in [0.25, 0.3) is 5.69 Å². The van der Waals surface area contributed by atoms with Crippen LogP contribution in [0.5, 0.6) is 0 Å². The SMILES string of the molecule is Cc1ccc(-[n+]2ccc(C(F)(F)F)cc2)cc1.O=S(=O)([O-])C(F)(F)F. The molecule has 1 heterocycles. The first kappa shape index (κ1) is 20.9. The van der Waals surface area contributed by atoms with E-state index in [9.17, 15) is 26.3 Å². The van der Waals surface area contributed by atoms with Gasteiger partial charge in [-0.3, -0.25) is 0 Å². The second kappa shape index (κ2) is 7.40. The molecule has 0 radical (unpaired) electrons. The number of halogens is 6. The number of nitrogens with zero attached hydrogens (tertiary/aromatic N) is 1. The Balaban J connectivity index is 0.000000333. The van der Waals surface area contributed by atoms with Crippen molar-refractivity contribution < 1.29 is 43.9 Å². The van der Waals surface area contributed by atoms with Gasteiger partial charge >= 0.3 is 11.7 Å². The number of benzene rings is 1. The predicted octanol–water partition coefficient (Wildman–Crippen LogP) is 3.34. The highest BCUT2D eigenvalue weighted by Crippen LogP contribution is 2.28. The van der Waals surface area contributed by atoms with Crippen molar-refractivity contribution in [2.24, 2.45) is 0 Å². The Morgan fingerprint density at radius 1 is 0.880 bits per heavy atom. The van der Waals surface area contributed by atoms with Gasteiger partial charge in [-0.2, -0.15) is 30.9 Å². The molecule has 0 fully saturated rings. The maximum absolute atomic E-state index is 12.4. The normalized spacial score (nSPS) is 12.3. The van der Waals surface area contributed by atoms with Crippen LogP contribution in [0.1, 0.15) is 11.1 Å². The van der Waals surface area contributed by atoms with Crippen LogP contribution in [0.4, 0.5) is 26.3 Å². The molecule has 0 saturated carbocycles. The molecule has 0 aliphatic rings. The first-order chi connectivity index (χ1) is 11.2. The van der Waals surface area contributed by atoms with E-state index in [-0.39, 0.29) is 0 Å². The second-order valence-electron chi connectivity index (χ2n) is 4.73. The third-order valence-corrected chi connectivity index (χ3v) is 3.34. The van der Waals surface area contributed by atoms with Crippen LogP contribution >= 0.6 is 0 Å². The molecule has 0 bridgehead atoms. The summed E-state index contributed by atoms with van der Waals surface area (Å²) in [6, 6.07) is 9.70. The molecule has 0 N–H and O–H groups in total. The lowest BCUT2D eigenvalue weighted by atomic mass is 10.2. The van der Waals surface area contributed by atoms with Crippen molar-refractivity contribution in [3.8, 4) is 5.69 Å². The lowest BCUT2D eigenvalue weighted by Crippen LogP contribution is -2.29. The van der Waals surface area contributed by atoms with Gasteiger partial charge in [-0.05, 0) is 6.92 Å². The van der Waals surface area contributed by atoms with Crippen molar-refractivity contribution in [3.05, 3.63) is 59.9 Å². The Bertz CT molecular complexity index is 796. The lowest BCUT2D eigenvalue weighted by Gasteiger charge is -2.08. The van der Waals surface area contributed by atoms with Crippen molar-refractivity contribution in [1.82, 2.24) is 0 Å². The minimum absolute atomic E-state index is 0.638. The fourth-order valence-corrected chi connectivity index (χ4v) is 1.50. The Morgan fingerprint density at radius 3 is 1.60 bits per heavy atom. The van der Waals surface area contributed by atoms with Crippen molar-refractivity contribution in [2.45, 2.75) is 18.6 Å². The molecule has 1 aromatic carbocycles. The molecule has 25 heavy (non-hydrogen) atoms. The van der Waals surface area contributed by atoms with Gasteiger partial charge in [0.25, 0.3) is 0 Å². The predicted molar refractivity (Wildman–Crippen MR) is 73.5 cm³/mol. The number of pyridine rings is 1. The summed E-state index contributed by atoms with van der Waals surface area (Å²) in [7, 11) is -6.09. The monoisotopic (exact) mass is 387 g/mol. The zero-order valence-electron chi connectivity index (χ0n) is 12.5. The van der Waals surface area contributed by atoms with Crippen molar-refractivity contribution in [1.29, 1.82) is 0 Å². The van der Waals surface area contributed by atoms with E-state index in [2.05, 4.69) is 0 Å². The van der Waals surface area contributed by atoms with Crippen LogP contribution < -0.4 is 4.57 Å². The van der Waals surface area contributed by atoms with Gasteiger partial charge in [0, 0.05) is 24.3 Å². The van der Waals surface area contributed by atoms with Gasteiger partial charge in [-0.25, -0.2) is 8.42 Å². The summed E-state index contributed by atoms with van der Waals surface area (Å²) >= 11 is 0. The van der Waals surface area contributed by atoms with Crippen molar-refractivity contribution in [3.63, 3.8) is 0 Å². The number of aromatic nitrogens is 1. The van der Waals surface area contributed by atoms with E-state index in [0.717, 1.165) is 23.4 Å². The highest BCUT2D eigenvalue weighted by atomic mass is 32.2. The molecule has 0 aliphatic carbocycles. The fraction of sp³-hybridized carbons (Fsp3) is 0.214. The molecule has 0 saturated heterocycles. The summed E-state index contributed by atoms with van der Waals surface area (Å²) in [5, 5.41) is 0. The van der Waals surface area contributed by atoms with Crippen molar-refractivity contribution >= 4 is 10.1 Å². The molecule has 2 rings (SSSR count). The topological polar surface area (TPSA) is 61.1 Å². The van der Waals surface area contributed by atoms with Crippen LogP contribution in [0, 0.1) is 6.92 Å². The maximum Gasteiger partial charge on any atom is 0.485 e. The zero-order valence-corrected chi connectivity index (χ0v) is 13.3. The standard InChI is InChI=1S/C13H11F3N.CHF3O3S/c1-10-2-4-12(5-3-10)17-8-6-11(7-9-17)13(14,15)16;2-1(3,4)8(5,6)7/h2-9H,1H3;(H,5,6,7)/q+1;/p-1. The Labute approximate surface area is 139 Å². The van der Waals surface area contributed by atoms with Crippen molar-refractivity contribution in [2.75, 3.05) is 0 Å².